The summed E-state index contributed by atoms with van der Waals surface area (Å²) in [6.07, 6.45) is 1.96. The molecule has 0 saturated carbocycles. The average molecular weight is 285 g/mol. The lowest BCUT2D eigenvalue weighted by atomic mass is 9.97. The Morgan fingerprint density at radius 2 is 2.37 bits per heavy atom. The highest BCUT2D eigenvalue weighted by molar-refractivity contribution is 6.36. The molecular formula is C12H17ClN4O2. The number of anilines is 1. The van der Waals surface area contributed by atoms with E-state index in [4.69, 9.17) is 22.5 Å². The first-order valence-electron chi connectivity index (χ1n) is 6.10. The number of pyridine rings is 1. The van der Waals surface area contributed by atoms with Crippen LogP contribution in [0.15, 0.2) is 17.4 Å². The van der Waals surface area contributed by atoms with Gasteiger partial charge in [-0.1, -0.05) is 23.7 Å². The third-order valence-corrected chi connectivity index (χ3v) is 3.79. The highest BCUT2D eigenvalue weighted by atomic mass is 35.5. The fraction of sp³-hybridized carbons (Fsp3) is 0.500. The summed E-state index contributed by atoms with van der Waals surface area (Å²) in [4.78, 5) is 6.27. The van der Waals surface area contributed by atoms with Gasteiger partial charge in [0.2, 0.25) is 0 Å². The van der Waals surface area contributed by atoms with E-state index >= 15 is 0 Å². The van der Waals surface area contributed by atoms with Crippen molar-refractivity contribution in [1.29, 1.82) is 0 Å². The van der Waals surface area contributed by atoms with Crippen molar-refractivity contribution in [2.24, 2.45) is 16.8 Å². The van der Waals surface area contributed by atoms with Gasteiger partial charge in [-0.25, -0.2) is 4.98 Å². The number of hydrogen-bond acceptors (Lipinski definition) is 5. The molecule has 1 aliphatic rings. The third kappa shape index (κ3) is 2.74. The zero-order chi connectivity index (χ0) is 14.0. The van der Waals surface area contributed by atoms with Crippen LogP contribution in [0.25, 0.3) is 0 Å². The summed E-state index contributed by atoms with van der Waals surface area (Å²) in [5.41, 5.74) is 6.02. The molecule has 0 spiro atoms. The van der Waals surface area contributed by atoms with Crippen molar-refractivity contribution in [2.75, 3.05) is 18.0 Å². The number of rotatable bonds is 2. The Kier molecular flexibility index (Phi) is 4.11. The molecule has 7 heteroatoms. The summed E-state index contributed by atoms with van der Waals surface area (Å²) in [7, 11) is 0. The predicted octanol–water partition coefficient (Wildman–Crippen LogP) is 1.04. The largest absolute Gasteiger partial charge is 0.409 e. The van der Waals surface area contributed by atoms with Gasteiger partial charge < -0.3 is 20.9 Å². The molecule has 0 radical (unpaired) electrons. The first-order chi connectivity index (χ1) is 9.04. The maximum Gasteiger partial charge on any atom is 0.171 e. The number of oxime groups is 1. The van der Waals surface area contributed by atoms with Gasteiger partial charge in [0.05, 0.1) is 11.1 Å². The molecule has 1 aromatic rings. The molecule has 2 atom stereocenters. The third-order valence-electron chi connectivity index (χ3n) is 3.41. The molecule has 4 N–H and O–H groups in total. The molecule has 1 aliphatic heterocycles. The standard InChI is InChI=1S/C12H17ClN4O2/c1-7-6-17(5-3-9(7)18)12-10(13)8(2-4-15-12)11(14)16-19/h2,4,7,9,18-19H,3,5-6H2,1H3,(H2,14,16). The van der Waals surface area contributed by atoms with Gasteiger partial charge in [-0.15, -0.1) is 0 Å². The molecule has 0 amide bonds. The Morgan fingerprint density at radius 1 is 1.63 bits per heavy atom. The monoisotopic (exact) mass is 284 g/mol. The van der Waals surface area contributed by atoms with Crippen LogP contribution in [0.5, 0.6) is 0 Å². The normalized spacial score (nSPS) is 24.6. The number of aliphatic hydroxyl groups is 1. The number of aliphatic hydroxyl groups excluding tert-OH is 1. The van der Waals surface area contributed by atoms with Crippen molar-refractivity contribution in [3.05, 3.63) is 22.8 Å². The van der Waals surface area contributed by atoms with Crippen molar-refractivity contribution in [1.82, 2.24) is 4.98 Å². The van der Waals surface area contributed by atoms with E-state index in [1.165, 1.54) is 0 Å². The maximum atomic E-state index is 9.74. The van der Waals surface area contributed by atoms with Crippen LogP contribution in [-0.4, -0.2) is 40.3 Å². The minimum Gasteiger partial charge on any atom is -0.409 e. The molecule has 1 fully saturated rings. The molecule has 104 valence electrons. The number of nitrogens with two attached hydrogens (primary N) is 1. The minimum absolute atomic E-state index is 0.0428. The molecule has 6 nitrogen and oxygen atoms in total. The van der Waals surface area contributed by atoms with Gasteiger partial charge in [0, 0.05) is 24.8 Å². The van der Waals surface area contributed by atoms with Gasteiger partial charge in [-0.05, 0) is 18.4 Å². The van der Waals surface area contributed by atoms with E-state index in [2.05, 4.69) is 10.1 Å². The predicted molar refractivity (Wildman–Crippen MR) is 73.8 cm³/mol. The summed E-state index contributed by atoms with van der Waals surface area (Å²) < 4.78 is 0. The average Bonchev–Trinajstić information content (AvgIpc) is 2.41. The number of halogens is 1. The smallest absolute Gasteiger partial charge is 0.171 e. The first kappa shape index (κ1) is 13.9. The molecule has 2 unspecified atom stereocenters. The molecule has 0 aromatic carbocycles. The van der Waals surface area contributed by atoms with Crippen LogP contribution in [0.1, 0.15) is 18.9 Å². The van der Waals surface area contributed by atoms with Crippen molar-refractivity contribution >= 4 is 23.3 Å². The number of hydrogen-bond donors (Lipinski definition) is 3. The van der Waals surface area contributed by atoms with Crippen LogP contribution in [0.2, 0.25) is 5.02 Å². The van der Waals surface area contributed by atoms with Gasteiger partial charge in [-0.3, -0.25) is 0 Å². The van der Waals surface area contributed by atoms with E-state index in [0.717, 1.165) is 0 Å². The molecule has 0 bridgehead atoms. The Balaban J connectivity index is 2.31. The maximum absolute atomic E-state index is 9.74. The lowest BCUT2D eigenvalue weighted by molar-refractivity contribution is 0.0969. The van der Waals surface area contributed by atoms with E-state index in [0.29, 0.717) is 35.9 Å². The highest BCUT2D eigenvalue weighted by Crippen LogP contribution is 2.30. The minimum atomic E-state index is -0.290. The number of nitrogens with zero attached hydrogens (tertiary/aromatic N) is 3. The van der Waals surface area contributed by atoms with Crippen LogP contribution in [0.3, 0.4) is 0 Å². The second kappa shape index (κ2) is 5.63. The van der Waals surface area contributed by atoms with Crippen LogP contribution in [0.4, 0.5) is 5.82 Å². The van der Waals surface area contributed by atoms with E-state index in [9.17, 15) is 5.11 Å². The van der Waals surface area contributed by atoms with Gasteiger partial charge in [-0.2, -0.15) is 0 Å². The van der Waals surface area contributed by atoms with E-state index in [1.54, 1.807) is 12.3 Å². The highest BCUT2D eigenvalue weighted by Gasteiger charge is 2.27. The lowest BCUT2D eigenvalue weighted by Crippen LogP contribution is -2.42. The van der Waals surface area contributed by atoms with E-state index in [-0.39, 0.29) is 17.9 Å². The van der Waals surface area contributed by atoms with E-state index < -0.39 is 0 Å². The quantitative estimate of drug-likeness (QED) is 0.326. The second-order valence-corrected chi connectivity index (χ2v) is 5.14. The lowest BCUT2D eigenvalue weighted by Gasteiger charge is -2.35. The Labute approximate surface area is 116 Å². The molecule has 1 saturated heterocycles. The summed E-state index contributed by atoms with van der Waals surface area (Å²) >= 11 is 6.26. The zero-order valence-corrected chi connectivity index (χ0v) is 11.4. The Bertz CT molecular complexity index is 495. The molecule has 0 aliphatic carbocycles. The van der Waals surface area contributed by atoms with Crippen molar-refractivity contribution < 1.29 is 10.3 Å². The van der Waals surface area contributed by atoms with Gasteiger partial charge in [0.25, 0.3) is 0 Å². The van der Waals surface area contributed by atoms with E-state index in [1.807, 2.05) is 11.8 Å². The van der Waals surface area contributed by atoms with Gasteiger partial charge >= 0.3 is 0 Å². The molecule has 1 aromatic heterocycles. The van der Waals surface area contributed by atoms with Crippen LogP contribution >= 0.6 is 11.6 Å². The molecule has 2 heterocycles. The number of amidine groups is 1. The van der Waals surface area contributed by atoms with Crippen molar-refractivity contribution in [3.8, 4) is 0 Å². The summed E-state index contributed by atoms with van der Waals surface area (Å²) in [5, 5.41) is 21.8. The number of aromatic nitrogens is 1. The molecule has 19 heavy (non-hydrogen) atoms. The zero-order valence-electron chi connectivity index (χ0n) is 10.6. The van der Waals surface area contributed by atoms with Crippen LogP contribution in [0, 0.1) is 5.92 Å². The van der Waals surface area contributed by atoms with Gasteiger partial charge in [0.1, 0.15) is 5.82 Å². The summed E-state index contributed by atoms with van der Waals surface area (Å²) in [6, 6.07) is 1.60. The molecule has 2 rings (SSSR count). The first-order valence-corrected chi connectivity index (χ1v) is 6.47. The Hall–Kier alpha value is -1.53. The fourth-order valence-corrected chi connectivity index (χ4v) is 2.56. The second-order valence-electron chi connectivity index (χ2n) is 4.76. The molecular weight excluding hydrogens is 268 g/mol. The van der Waals surface area contributed by atoms with Crippen LogP contribution < -0.4 is 10.6 Å². The fourth-order valence-electron chi connectivity index (χ4n) is 2.23. The van der Waals surface area contributed by atoms with Gasteiger partial charge in [0.15, 0.2) is 5.84 Å². The summed E-state index contributed by atoms with van der Waals surface area (Å²) in [5.74, 6) is 0.711. The Morgan fingerprint density at radius 3 is 3.00 bits per heavy atom. The summed E-state index contributed by atoms with van der Waals surface area (Å²) in [6.45, 7) is 3.34. The van der Waals surface area contributed by atoms with Crippen LogP contribution in [-0.2, 0) is 0 Å². The SMILES string of the molecule is CC1CN(c2nccc(/C(N)=N/O)c2Cl)CCC1O. The van der Waals surface area contributed by atoms with Crippen molar-refractivity contribution in [3.63, 3.8) is 0 Å². The topological polar surface area (TPSA) is 95.0 Å². The van der Waals surface area contributed by atoms with Crippen molar-refractivity contribution in [2.45, 2.75) is 19.4 Å². The number of piperidine rings is 1.